The summed E-state index contributed by atoms with van der Waals surface area (Å²) in [5.74, 6) is -0.275. The lowest BCUT2D eigenvalue weighted by atomic mass is 9.64. The van der Waals surface area contributed by atoms with Gasteiger partial charge in [0.2, 0.25) is 5.91 Å². The molecule has 21 heavy (non-hydrogen) atoms. The van der Waals surface area contributed by atoms with Crippen molar-refractivity contribution in [2.45, 2.75) is 31.2 Å². The number of rotatable bonds is 5. The Morgan fingerprint density at radius 3 is 2.67 bits per heavy atom. The lowest BCUT2D eigenvalue weighted by Gasteiger charge is -2.42. The molecule has 0 unspecified atom stereocenters. The molecule has 1 aromatic carbocycles. The minimum atomic E-state index is -0.226. The lowest BCUT2D eigenvalue weighted by Crippen LogP contribution is -2.46. The van der Waals surface area contributed by atoms with E-state index in [1.165, 1.54) is 12.1 Å². The van der Waals surface area contributed by atoms with Crippen molar-refractivity contribution in [2.24, 2.45) is 0 Å². The molecule has 1 aromatic heterocycles. The Hall–Kier alpha value is -2.17. The maximum absolute atomic E-state index is 13.0. The first-order valence-electron chi connectivity index (χ1n) is 7.18. The fourth-order valence-electron chi connectivity index (χ4n) is 2.84. The van der Waals surface area contributed by atoms with Crippen LogP contribution in [-0.2, 0) is 16.8 Å². The van der Waals surface area contributed by atoms with Gasteiger partial charge < -0.3 is 5.32 Å². The molecule has 3 rings (SSSR count). The van der Waals surface area contributed by atoms with Gasteiger partial charge in [0.05, 0.1) is 0 Å². The van der Waals surface area contributed by atoms with E-state index in [4.69, 9.17) is 0 Å². The van der Waals surface area contributed by atoms with E-state index in [1.807, 2.05) is 12.1 Å². The molecule has 1 N–H and O–H groups in total. The van der Waals surface area contributed by atoms with Crippen molar-refractivity contribution in [3.63, 3.8) is 0 Å². The maximum Gasteiger partial charge on any atom is 0.241 e. The fourth-order valence-corrected chi connectivity index (χ4v) is 2.84. The molecule has 1 heterocycles. The highest BCUT2D eigenvalue weighted by Gasteiger charge is 2.38. The minimum Gasteiger partial charge on any atom is -0.354 e. The Labute approximate surface area is 123 Å². The van der Waals surface area contributed by atoms with Crippen LogP contribution in [0.25, 0.3) is 0 Å². The Balaban J connectivity index is 1.62. The standard InChI is InChI=1S/C16H18FN3O/c17-14-5-3-13(4-6-14)16(7-1-8-16)12-18-15(21)11-20-10-2-9-19-20/h2-6,9-10H,1,7-8,11-12H2,(H,18,21). The van der Waals surface area contributed by atoms with Crippen LogP contribution in [0.3, 0.4) is 0 Å². The third kappa shape index (κ3) is 2.96. The van der Waals surface area contributed by atoms with Crippen molar-refractivity contribution in [2.75, 3.05) is 6.54 Å². The number of nitrogens with zero attached hydrogens (tertiary/aromatic N) is 2. The smallest absolute Gasteiger partial charge is 0.241 e. The van der Waals surface area contributed by atoms with Crippen molar-refractivity contribution in [3.05, 3.63) is 54.1 Å². The van der Waals surface area contributed by atoms with Gasteiger partial charge in [-0.3, -0.25) is 9.48 Å². The summed E-state index contributed by atoms with van der Waals surface area (Å²) in [4.78, 5) is 12.0. The zero-order chi connectivity index (χ0) is 14.7. The van der Waals surface area contributed by atoms with Gasteiger partial charge in [-0.15, -0.1) is 0 Å². The van der Waals surface area contributed by atoms with Gasteiger partial charge in [0.25, 0.3) is 0 Å². The normalized spacial score (nSPS) is 16.2. The summed E-state index contributed by atoms with van der Waals surface area (Å²) in [6.45, 7) is 0.825. The Kier molecular flexibility index (Phi) is 3.73. The topological polar surface area (TPSA) is 46.9 Å². The van der Waals surface area contributed by atoms with Gasteiger partial charge >= 0.3 is 0 Å². The molecule has 0 saturated heterocycles. The number of amides is 1. The first-order valence-corrected chi connectivity index (χ1v) is 7.18. The zero-order valence-corrected chi connectivity index (χ0v) is 11.8. The predicted molar refractivity (Wildman–Crippen MR) is 77.2 cm³/mol. The van der Waals surface area contributed by atoms with Crippen LogP contribution in [0.5, 0.6) is 0 Å². The molecule has 1 aliphatic carbocycles. The van der Waals surface area contributed by atoms with Crippen molar-refractivity contribution in [3.8, 4) is 0 Å². The number of hydrogen-bond acceptors (Lipinski definition) is 2. The molecule has 1 fully saturated rings. The Bertz CT molecular complexity index is 603. The number of carbonyl (C=O) groups excluding carboxylic acids is 1. The Morgan fingerprint density at radius 1 is 1.33 bits per heavy atom. The fraction of sp³-hybridized carbons (Fsp3) is 0.375. The summed E-state index contributed by atoms with van der Waals surface area (Å²) in [5.41, 5.74) is 1.07. The number of benzene rings is 1. The van der Waals surface area contributed by atoms with E-state index in [9.17, 15) is 9.18 Å². The zero-order valence-electron chi connectivity index (χ0n) is 11.8. The largest absolute Gasteiger partial charge is 0.354 e. The molecular weight excluding hydrogens is 269 g/mol. The summed E-state index contributed by atoms with van der Waals surface area (Å²) in [6, 6.07) is 8.42. The molecular formula is C16H18FN3O. The van der Waals surface area contributed by atoms with Crippen molar-refractivity contribution < 1.29 is 9.18 Å². The van der Waals surface area contributed by atoms with Crippen molar-refractivity contribution in [1.82, 2.24) is 15.1 Å². The second-order valence-electron chi connectivity index (χ2n) is 5.62. The second-order valence-corrected chi connectivity index (χ2v) is 5.62. The van der Waals surface area contributed by atoms with E-state index in [0.717, 1.165) is 24.8 Å². The number of aromatic nitrogens is 2. The maximum atomic E-state index is 13.0. The van der Waals surface area contributed by atoms with Crippen LogP contribution in [0.1, 0.15) is 24.8 Å². The van der Waals surface area contributed by atoms with Gasteiger partial charge in [-0.05, 0) is 36.6 Å². The average molecular weight is 287 g/mol. The monoisotopic (exact) mass is 287 g/mol. The van der Waals surface area contributed by atoms with Gasteiger partial charge in [0.15, 0.2) is 0 Å². The molecule has 0 spiro atoms. The van der Waals surface area contributed by atoms with Gasteiger partial charge in [-0.2, -0.15) is 5.10 Å². The van der Waals surface area contributed by atoms with Gasteiger partial charge in [-0.25, -0.2) is 4.39 Å². The number of nitrogens with one attached hydrogen (secondary N) is 1. The molecule has 1 aliphatic rings. The molecule has 1 saturated carbocycles. The molecule has 4 nitrogen and oxygen atoms in total. The van der Waals surface area contributed by atoms with Crippen LogP contribution < -0.4 is 5.32 Å². The van der Waals surface area contributed by atoms with Gasteiger partial charge in [-0.1, -0.05) is 18.6 Å². The van der Waals surface area contributed by atoms with E-state index in [2.05, 4.69) is 10.4 Å². The third-order valence-corrected chi connectivity index (χ3v) is 4.26. The quantitative estimate of drug-likeness (QED) is 0.917. The third-order valence-electron chi connectivity index (χ3n) is 4.26. The summed E-state index contributed by atoms with van der Waals surface area (Å²) in [6.07, 6.45) is 6.62. The van der Waals surface area contributed by atoms with E-state index >= 15 is 0 Å². The molecule has 110 valence electrons. The van der Waals surface area contributed by atoms with Crippen molar-refractivity contribution >= 4 is 5.91 Å². The highest BCUT2D eigenvalue weighted by atomic mass is 19.1. The van der Waals surface area contributed by atoms with Crippen LogP contribution in [0, 0.1) is 5.82 Å². The minimum absolute atomic E-state index is 0.0342. The molecule has 0 atom stereocenters. The molecule has 1 amide bonds. The number of halogens is 1. The van der Waals surface area contributed by atoms with E-state index in [1.54, 1.807) is 23.1 Å². The lowest BCUT2D eigenvalue weighted by molar-refractivity contribution is -0.122. The Morgan fingerprint density at radius 2 is 2.10 bits per heavy atom. The molecule has 0 bridgehead atoms. The van der Waals surface area contributed by atoms with Crippen LogP contribution in [0.15, 0.2) is 42.7 Å². The summed E-state index contributed by atoms with van der Waals surface area (Å²) in [5, 5.41) is 7.00. The van der Waals surface area contributed by atoms with Gasteiger partial charge in [0, 0.05) is 24.4 Å². The first kappa shape index (κ1) is 13.8. The van der Waals surface area contributed by atoms with E-state index in [-0.39, 0.29) is 23.7 Å². The molecule has 5 heteroatoms. The predicted octanol–water partition coefficient (Wildman–Crippen LogP) is 2.26. The van der Waals surface area contributed by atoms with E-state index < -0.39 is 0 Å². The highest BCUT2D eigenvalue weighted by molar-refractivity contribution is 5.75. The second kappa shape index (κ2) is 5.68. The number of hydrogen-bond donors (Lipinski definition) is 1. The number of carbonyl (C=O) groups is 1. The summed E-state index contributed by atoms with van der Waals surface area (Å²) in [7, 11) is 0. The van der Waals surface area contributed by atoms with Crippen LogP contribution in [-0.4, -0.2) is 22.2 Å². The highest BCUT2D eigenvalue weighted by Crippen LogP contribution is 2.43. The van der Waals surface area contributed by atoms with Crippen LogP contribution in [0.2, 0.25) is 0 Å². The molecule has 2 aromatic rings. The SMILES string of the molecule is O=C(Cn1cccn1)NCC1(c2ccc(F)cc2)CCC1. The van der Waals surface area contributed by atoms with E-state index in [0.29, 0.717) is 6.54 Å². The first-order chi connectivity index (χ1) is 10.2. The summed E-state index contributed by atoms with van der Waals surface area (Å²) >= 11 is 0. The summed E-state index contributed by atoms with van der Waals surface area (Å²) < 4.78 is 14.6. The van der Waals surface area contributed by atoms with Crippen molar-refractivity contribution in [1.29, 1.82) is 0 Å². The van der Waals surface area contributed by atoms with Gasteiger partial charge in [0.1, 0.15) is 12.4 Å². The molecule has 0 radical (unpaired) electrons. The van der Waals surface area contributed by atoms with Crippen LogP contribution >= 0.6 is 0 Å². The average Bonchev–Trinajstić information content (AvgIpc) is 2.92. The van der Waals surface area contributed by atoms with Crippen LogP contribution in [0.4, 0.5) is 4.39 Å². The molecule has 0 aliphatic heterocycles.